The maximum Gasteiger partial charge on any atom is 0.115 e. The van der Waals surface area contributed by atoms with Gasteiger partial charge in [0.15, 0.2) is 0 Å². The van der Waals surface area contributed by atoms with Crippen molar-refractivity contribution in [1.29, 1.82) is 0 Å². The molecule has 0 amide bonds. The molecule has 1 aliphatic rings. The average Bonchev–Trinajstić information content (AvgIpc) is 2.54. The standard InChI is InChI=1S/C17H21N3O/c1-14-11-15(19-13-18-14)7-8-17-12-20(9-10-21-17)16-5-3-2-4-6-16/h2-6,11,13,17H,7-10,12H2,1H3. The zero-order valence-electron chi connectivity index (χ0n) is 12.4. The van der Waals surface area contributed by atoms with Gasteiger partial charge in [-0.1, -0.05) is 18.2 Å². The van der Waals surface area contributed by atoms with Gasteiger partial charge < -0.3 is 9.64 Å². The molecule has 1 aliphatic heterocycles. The van der Waals surface area contributed by atoms with Crippen molar-refractivity contribution in [1.82, 2.24) is 9.97 Å². The minimum Gasteiger partial charge on any atom is -0.375 e. The number of hydrogen-bond donors (Lipinski definition) is 0. The number of para-hydroxylation sites is 1. The first-order valence-corrected chi connectivity index (χ1v) is 7.50. The quantitative estimate of drug-likeness (QED) is 0.864. The van der Waals surface area contributed by atoms with Crippen molar-refractivity contribution in [2.75, 3.05) is 24.6 Å². The van der Waals surface area contributed by atoms with Gasteiger partial charge in [0.2, 0.25) is 0 Å². The van der Waals surface area contributed by atoms with Crippen molar-refractivity contribution in [2.45, 2.75) is 25.9 Å². The fourth-order valence-electron chi connectivity index (χ4n) is 2.72. The first-order chi connectivity index (χ1) is 10.3. The van der Waals surface area contributed by atoms with Crippen LogP contribution in [0.4, 0.5) is 5.69 Å². The van der Waals surface area contributed by atoms with Gasteiger partial charge in [-0.2, -0.15) is 0 Å². The number of aryl methyl sites for hydroxylation is 2. The van der Waals surface area contributed by atoms with E-state index in [9.17, 15) is 0 Å². The molecule has 2 aromatic rings. The monoisotopic (exact) mass is 283 g/mol. The third kappa shape index (κ3) is 3.79. The third-order valence-electron chi connectivity index (χ3n) is 3.84. The lowest BCUT2D eigenvalue weighted by atomic mass is 10.1. The molecule has 1 atom stereocenters. The number of ether oxygens (including phenoxy) is 1. The molecule has 110 valence electrons. The molecule has 21 heavy (non-hydrogen) atoms. The Morgan fingerprint density at radius 3 is 2.90 bits per heavy atom. The highest BCUT2D eigenvalue weighted by Crippen LogP contribution is 2.19. The van der Waals surface area contributed by atoms with Gasteiger partial charge >= 0.3 is 0 Å². The highest BCUT2D eigenvalue weighted by Gasteiger charge is 2.20. The normalized spacial score (nSPS) is 18.7. The van der Waals surface area contributed by atoms with Gasteiger partial charge in [-0.25, -0.2) is 9.97 Å². The lowest BCUT2D eigenvalue weighted by Gasteiger charge is -2.34. The van der Waals surface area contributed by atoms with Crippen molar-refractivity contribution < 1.29 is 4.74 Å². The predicted octanol–water partition coefficient (Wildman–Crippen LogP) is 2.62. The molecule has 1 aromatic carbocycles. The van der Waals surface area contributed by atoms with Crippen molar-refractivity contribution >= 4 is 5.69 Å². The van der Waals surface area contributed by atoms with Crippen LogP contribution in [-0.2, 0) is 11.2 Å². The number of benzene rings is 1. The molecule has 1 unspecified atom stereocenters. The summed E-state index contributed by atoms with van der Waals surface area (Å²) in [5.41, 5.74) is 3.40. The topological polar surface area (TPSA) is 38.2 Å². The fourth-order valence-corrected chi connectivity index (χ4v) is 2.72. The van der Waals surface area contributed by atoms with Crippen LogP contribution in [0.25, 0.3) is 0 Å². The summed E-state index contributed by atoms with van der Waals surface area (Å²) in [6, 6.07) is 12.6. The molecule has 0 aliphatic carbocycles. The summed E-state index contributed by atoms with van der Waals surface area (Å²) in [7, 11) is 0. The van der Waals surface area contributed by atoms with Crippen LogP contribution in [0.1, 0.15) is 17.8 Å². The van der Waals surface area contributed by atoms with Crippen molar-refractivity contribution in [3.05, 3.63) is 54.1 Å². The number of nitrogens with zero attached hydrogens (tertiary/aromatic N) is 3. The Kier molecular flexibility index (Phi) is 4.46. The Labute approximate surface area is 125 Å². The predicted molar refractivity (Wildman–Crippen MR) is 83.5 cm³/mol. The van der Waals surface area contributed by atoms with E-state index < -0.39 is 0 Å². The summed E-state index contributed by atoms with van der Waals surface area (Å²) in [5, 5.41) is 0. The summed E-state index contributed by atoms with van der Waals surface area (Å²) in [6.07, 6.45) is 3.85. The summed E-state index contributed by atoms with van der Waals surface area (Å²) in [6.45, 7) is 4.71. The summed E-state index contributed by atoms with van der Waals surface area (Å²) in [5.74, 6) is 0. The van der Waals surface area contributed by atoms with Crippen LogP contribution >= 0.6 is 0 Å². The number of rotatable bonds is 4. The molecular formula is C17H21N3O. The van der Waals surface area contributed by atoms with Crippen LogP contribution in [0, 0.1) is 6.92 Å². The van der Waals surface area contributed by atoms with E-state index in [0.29, 0.717) is 0 Å². The van der Waals surface area contributed by atoms with Crippen LogP contribution in [0.5, 0.6) is 0 Å². The highest BCUT2D eigenvalue weighted by molar-refractivity contribution is 5.46. The van der Waals surface area contributed by atoms with Gasteiger partial charge in [-0.15, -0.1) is 0 Å². The van der Waals surface area contributed by atoms with E-state index in [1.165, 1.54) is 5.69 Å². The number of aromatic nitrogens is 2. The minimum atomic E-state index is 0.272. The van der Waals surface area contributed by atoms with Gasteiger partial charge in [-0.3, -0.25) is 0 Å². The van der Waals surface area contributed by atoms with E-state index in [0.717, 1.165) is 43.9 Å². The van der Waals surface area contributed by atoms with Gasteiger partial charge in [0, 0.05) is 30.2 Å². The first-order valence-electron chi connectivity index (χ1n) is 7.50. The van der Waals surface area contributed by atoms with Crippen LogP contribution in [-0.4, -0.2) is 35.8 Å². The number of hydrogen-bond acceptors (Lipinski definition) is 4. The van der Waals surface area contributed by atoms with Gasteiger partial charge in [-0.05, 0) is 38.0 Å². The van der Waals surface area contributed by atoms with E-state index in [2.05, 4.69) is 51.3 Å². The Morgan fingerprint density at radius 1 is 1.24 bits per heavy atom. The summed E-state index contributed by atoms with van der Waals surface area (Å²) >= 11 is 0. The van der Waals surface area contributed by atoms with Crippen molar-refractivity contribution in [3.8, 4) is 0 Å². The molecule has 0 spiro atoms. The second-order valence-electron chi connectivity index (χ2n) is 5.46. The highest BCUT2D eigenvalue weighted by atomic mass is 16.5. The van der Waals surface area contributed by atoms with Gasteiger partial charge in [0.25, 0.3) is 0 Å². The molecule has 1 saturated heterocycles. The minimum absolute atomic E-state index is 0.272. The SMILES string of the molecule is Cc1cc(CCC2CN(c3ccccc3)CCO2)ncn1. The fraction of sp³-hybridized carbons (Fsp3) is 0.412. The molecule has 1 fully saturated rings. The first kappa shape index (κ1) is 14.0. The van der Waals surface area contributed by atoms with Gasteiger partial charge in [0.05, 0.1) is 12.7 Å². The van der Waals surface area contributed by atoms with Crippen molar-refractivity contribution in [3.63, 3.8) is 0 Å². The van der Waals surface area contributed by atoms with E-state index >= 15 is 0 Å². The van der Waals surface area contributed by atoms with Crippen LogP contribution in [0.15, 0.2) is 42.7 Å². The Hall–Kier alpha value is -1.94. The molecule has 4 nitrogen and oxygen atoms in total. The smallest absolute Gasteiger partial charge is 0.115 e. The summed E-state index contributed by atoms with van der Waals surface area (Å²) in [4.78, 5) is 10.9. The second-order valence-corrected chi connectivity index (χ2v) is 5.46. The average molecular weight is 283 g/mol. The van der Waals surface area contributed by atoms with E-state index in [-0.39, 0.29) is 6.10 Å². The van der Waals surface area contributed by atoms with E-state index in [1.807, 2.05) is 6.92 Å². The molecule has 4 heteroatoms. The maximum absolute atomic E-state index is 5.90. The molecule has 3 rings (SSSR count). The number of anilines is 1. The van der Waals surface area contributed by atoms with Crippen LogP contribution < -0.4 is 4.90 Å². The van der Waals surface area contributed by atoms with Crippen LogP contribution in [0.2, 0.25) is 0 Å². The Bertz CT molecular complexity index is 573. The molecule has 0 saturated carbocycles. The molecule has 0 N–H and O–H groups in total. The van der Waals surface area contributed by atoms with E-state index in [4.69, 9.17) is 4.74 Å². The molecule has 0 radical (unpaired) electrons. The second kappa shape index (κ2) is 6.68. The zero-order valence-corrected chi connectivity index (χ0v) is 12.4. The Morgan fingerprint density at radius 2 is 2.10 bits per heavy atom. The van der Waals surface area contributed by atoms with E-state index in [1.54, 1.807) is 6.33 Å². The molecule has 0 bridgehead atoms. The zero-order chi connectivity index (χ0) is 14.5. The molecule has 1 aromatic heterocycles. The lowest BCUT2D eigenvalue weighted by Crippen LogP contribution is -2.42. The van der Waals surface area contributed by atoms with Crippen LogP contribution in [0.3, 0.4) is 0 Å². The Balaban J connectivity index is 1.57. The van der Waals surface area contributed by atoms with Crippen molar-refractivity contribution in [2.24, 2.45) is 0 Å². The largest absolute Gasteiger partial charge is 0.375 e. The molecular weight excluding hydrogens is 262 g/mol. The maximum atomic E-state index is 5.90. The summed E-state index contributed by atoms with van der Waals surface area (Å²) < 4.78 is 5.90. The van der Waals surface area contributed by atoms with Gasteiger partial charge in [0.1, 0.15) is 6.33 Å². The molecule has 2 heterocycles. The third-order valence-corrected chi connectivity index (χ3v) is 3.84. The lowest BCUT2D eigenvalue weighted by molar-refractivity contribution is 0.0353. The number of morpholine rings is 1.